The number of methoxy groups -OCH3 is 2. The summed E-state index contributed by atoms with van der Waals surface area (Å²) in [4.78, 5) is 11.9. The van der Waals surface area contributed by atoms with E-state index in [4.69, 9.17) is 14.2 Å². The smallest absolute Gasteiger partial charge is 0.223 e. The molecule has 2 aromatic rings. The van der Waals surface area contributed by atoms with Gasteiger partial charge in [-0.05, 0) is 36.2 Å². The maximum atomic E-state index is 11.9. The molecule has 5 heteroatoms. The monoisotopic (exact) mass is 329 g/mol. The highest BCUT2D eigenvalue weighted by Crippen LogP contribution is 2.27. The van der Waals surface area contributed by atoms with E-state index in [2.05, 4.69) is 5.32 Å². The highest BCUT2D eigenvalue weighted by atomic mass is 16.5. The fraction of sp³-hybridized carbons (Fsp3) is 0.316. The molecule has 24 heavy (non-hydrogen) atoms. The molecule has 2 aromatic carbocycles. The Bertz CT molecular complexity index is 685. The van der Waals surface area contributed by atoms with Crippen molar-refractivity contribution in [3.63, 3.8) is 0 Å². The van der Waals surface area contributed by atoms with Gasteiger partial charge < -0.3 is 19.5 Å². The lowest BCUT2D eigenvalue weighted by atomic mass is 10.2. The number of carbonyl (C=O) groups excluding carboxylic acids is 1. The van der Waals surface area contributed by atoms with Crippen molar-refractivity contribution >= 4 is 5.91 Å². The van der Waals surface area contributed by atoms with Gasteiger partial charge in [-0.15, -0.1) is 0 Å². The van der Waals surface area contributed by atoms with Crippen LogP contribution in [0.3, 0.4) is 0 Å². The van der Waals surface area contributed by atoms with Crippen LogP contribution in [0.15, 0.2) is 42.5 Å². The number of ether oxygens (including phenoxy) is 3. The summed E-state index contributed by atoms with van der Waals surface area (Å²) < 4.78 is 16.1. The lowest BCUT2D eigenvalue weighted by molar-refractivity contribution is -0.121. The highest BCUT2D eigenvalue weighted by Gasteiger charge is 2.07. The normalized spacial score (nSPS) is 10.1. The first-order chi connectivity index (χ1) is 11.6. The Morgan fingerprint density at radius 1 is 1.00 bits per heavy atom. The molecule has 0 saturated carbocycles. The quantitative estimate of drug-likeness (QED) is 0.808. The van der Waals surface area contributed by atoms with Gasteiger partial charge in [-0.25, -0.2) is 0 Å². The van der Waals surface area contributed by atoms with Crippen molar-refractivity contribution in [3.05, 3.63) is 53.6 Å². The largest absolute Gasteiger partial charge is 0.493 e. The average molecular weight is 329 g/mol. The zero-order valence-corrected chi connectivity index (χ0v) is 14.3. The van der Waals surface area contributed by atoms with Crippen LogP contribution in [0.1, 0.15) is 17.5 Å². The first-order valence-electron chi connectivity index (χ1n) is 7.80. The SMILES string of the molecule is COc1ccc(CNC(=O)CCOc2ccccc2C)cc1OC. The lowest BCUT2D eigenvalue weighted by Gasteiger charge is -2.11. The Kier molecular flexibility index (Phi) is 6.49. The maximum Gasteiger partial charge on any atom is 0.223 e. The number of carbonyl (C=O) groups is 1. The maximum absolute atomic E-state index is 11.9. The predicted octanol–water partition coefficient (Wildman–Crippen LogP) is 3.10. The molecule has 0 radical (unpaired) electrons. The third-order valence-corrected chi connectivity index (χ3v) is 3.62. The van der Waals surface area contributed by atoms with E-state index in [1.54, 1.807) is 14.2 Å². The summed E-state index contributed by atoms with van der Waals surface area (Å²) in [5.41, 5.74) is 2.00. The van der Waals surface area contributed by atoms with Crippen LogP contribution < -0.4 is 19.5 Å². The van der Waals surface area contributed by atoms with Crippen molar-refractivity contribution in [2.75, 3.05) is 20.8 Å². The van der Waals surface area contributed by atoms with Crippen molar-refractivity contribution in [1.29, 1.82) is 0 Å². The first kappa shape index (κ1) is 17.7. The Morgan fingerprint density at radius 3 is 2.46 bits per heavy atom. The van der Waals surface area contributed by atoms with Crippen LogP contribution in [0.5, 0.6) is 17.2 Å². The second kappa shape index (κ2) is 8.82. The van der Waals surface area contributed by atoms with E-state index in [-0.39, 0.29) is 5.91 Å². The van der Waals surface area contributed by atoms with E-state index in [9.17, 15) is 4.79 Å². The molecule has 0 aromatic heterocycles. The van der Waals surface area contributed by atoms with E-state index in [1.807, 2.05) is 49.4 Å². The molecule has 0 saturated heterocycles. The van der Waals surface area contributed by atoms with Gasteiger partial charge in [-0.3, -0.25) is 4.79 Å². The number of rotatable bonds is 8. The fourth-order valence-electron chi connectivity index (χ4n) is 2.25. The van der Waals surface area contributed by atoms with Gasteiger partial charge in [-0.1, -0.05) is 24.3 Å². The summed E-state index contributed by atoms with van der Waals surface area (Å²) in [5, 5.41) is 2.87. The van der Waals surface area contributed by atoms with E-state index in [1.165, 1.54) is 0 Å². The van der Waals surface area contributed by atoms with Gasteiger partial charge in [0.25, 0.3) is 0 Å². The minimum absolute atomic E-state index is 0.0571. The van der Waals surface area contributed by atoms with Crippen LogP contribution in [0.25, 0.3) is 0 Å². The topological polar surface area (TPSA) is 56.8 Å². The molecule has 1 N–H and O–H groups in total. The summed E-state index contributed by atoms with van der Waals surface area (Å²) in [6.07, 6.45) is 0.307. The molecule has 0 fully saturated rings. The third kappa shape index (κ3) is 4.91. The van der Waals surface area contributed by atoms with Gasteiger partial charge in [0.05, 0.1) is 27.2 Å². The molecule has 0 aliphatic carbocycles. The van der Waals surface area contributed by atoms with Crippen molar-refractivity contribution in [2.45, 2.75) is 19.9 Å². The van der Waals surface area contributed by atoms with E-state index < -0.39 is 0 Å². The average Bonchev–Trinajstić information content (AvgIpc) is 2.61. The van der Waals surface area contributed by atoms with E-state index in [0.29, 0.717) is 31.1 Å². The van der Waals surface area contributed by atoms with Gasteiger partial charge in [0.15, 0.2) is 11.5 Å². The molecule has 0 atom stereocenters. The number of nitrogens with one attached hydrogen (secondary N) is 1. The molecular weight excluding hydrogens is 306 g/mol. The Balaban J connectivity index is 1.78. The minimum atomic E-state index is -0.0571. The summed E-state index contributed by atoms with van der Waals surface area (Å²) >= 11 is 0. The fourth-order valence-corrected chi connectivity index (χ4v) is 2.25. The number of benzene rings is 2. The molecule has 0 unspecified atom stereocenters. The van der Waals surface area contributed by atoms with Gasteiger partial charge in [0.1, 0.15) is 5.75 Å². The van der Waals surface area contributed by atoms with Crippen molar-refractivity contribution in [1.82, 2.24) is 5.32 Å². The van der Waals surface area contributed by atoms with Crippen molar-refractivity contribution in [3.8, 4) is 17.2 Å². The molecule has 0 heterocycles. The summed E-state index contributed by atoms with van der Waals surface area (Å²) in [6, 6.07) is 13.3. The van der Waals surface area contributed by atoms with Gasteiger partial charge in [0, 0.05) is 6.54 Å². The van der Waals surface area contributed by atoms with Crippen LogP contribution in [0.4, 0.5) is 0 Å². The molecule has 5 nitrogen and oxygen atoms in total. The summed E-state index contributed by atoms with van der Waals surface area (Å²) in [7, 11) is 3.18. The van der Waals surface area contributed by atoms with Crippen LogP contribution in [-0.4, -0.2) is 26.7 Å². The summed E-state index contributed by atoms with van der Waals surface area (Å²) in [6.45, 7) is 2.76. The minimum Gasteiger partial charge on any atom is -0.493 e. The van der Waals surface area contributed by atoms with Gasteiger partial charge in [-0.2, -0.15) is 0 Å². The van der Waals surface area contributed by atoms with E-state index >= 15 is 0 Å². The van der Waals surface area contributed by atoms with Gasteiger partial charge in [0.2, 0.25) is 5.91 Å². The zero-order valence-electron chi connectivity index (χ0n) is 14.3. The second-order valence-corrected chi connectivity index (χ2v) is 5.33. The number of aryl methyl sites for hydroxylation is 1. The van der Waals surface area contributed by atoms with E-state index in [0.717, 1.165) is 16.9 Å². The van der Waals surface area contributed by atoms with Crippen LogP contribution in [0.2, 0.25) is 0 Å². The Hall–Kier alpha value is -2.69. The lowest BCUT2D eigenvalue weighted by Crippen LogP contribution is -2.24. The predicted molar refractivity (Wildman–Crippen MR) is 92.7 cm³/mol. The number of hydrogen-bond donors (Lipinski definition) is 1. The molecule has 128 valence electrons. The first-order valence-corrected chi connectivity index (χ1v) is 7.80. The van der Waals surface area contributed by atoms with Crippen LogP contribution >= 0.6 is 0 Å². The standard InChI is InChI=1S/C19H23NO4/c1-14-6-4-5-7-16(14)24-11-10-19(21)20-13-15-8-9-17(22-2)18(12-15)23-3/h4-9,12H,10-11,13H2,1-3H3,(H,20,21). The molecule has 2 rings (SSSR count). The second-order valence-electron chi connectivity index (χ2n) is 5.33. The Morgan fingerprint density at radius 2 is 1.75 bits per heavy atom. The molecular formula is C19H23NO4. The summed E-state index contributed by atoms with van der Waals surface area (Å²) in [5.74, 6) is 2.06. The zero-order chi connectivity index (χ0) is 17.4. The molecule has 1 amide bonds. The molecule has 0 aliphatic rings. The third-order valence-electron chi connectivity index (χ3n) is 3.62. The number of amides is 1. The van der Waals surface area contributed by atoms with Crippen molar-refractivity contribution in [2.24, 2.45) is 0 Å². The molecule has 0 bridgehead atoms. The van der Waals surface area contributed by atoms with Crippen LogP contribution in [0, 0.1) is 6.92 Å². The molecule has 0 spiro atoms. The Labute approximate surface area is 142 Å². The molecule has 0 aliphatic heterocycles. The van der Waals surface area contributed by atoms with Crippen molar-refractivity contribution < 1.29 is 19.0 Å². The number of hydrogen-bond acceptors (Lipinski definition) is 4. The highest BCUT2D eigenvalue weighted by molar-refractivity contribution is 5.76. The number of para-hydroxylation sites is 1. The van der Waals surface area contributed by atoms with Crippen LogP contribution in [-0.2, 0) is 11.3 Å². The van der Waals surface area contributed by atoms with Gasteiger partial charge >= 0.3 is 0 Å².